The highest BCUT2D eigenvalue weighted by atomic mass is 16.3. The summed E-state index contributed by atoms with van der Waals surface area (Å²) in [6.07, 6.45) is 6.14. The lowest BCUT2D eigenvalue weighted by atomic mass is 9.85. The Morgan fingerprint density at radius 1 is 1.22 bits per heavy atom. The van der Waals surface area contributed by atoms with Crippen LogP contribution in [-0.2, 0) is 11.3 Å². The predicted molar refractivity (Wildman–Crippen MR) is 89.9 cm³/mol. The number of aryl methyl sites for hydroxylation is 1. The zero-order chi connectivity index (χ0) is 15.8. The smallest absolute Gasteiger partial charge is 0.222 e. The molecule has 4 heteroatoms. The number of aliphatic hydroxyl groups excluding tert-OH is 1. The SMILES string of the molecule is O=C(CCn1ccc2ccccc21)NC1C2CCC(C2)C1CO. The van der Waals surface area contributed by atoms with Gasteiger partial charge in [-0.05, 0) is 48.6 Å². The second-order valence-electron chi connectivity index (χ2n) is 7.09. The Labute approximate surface area is 136 Å². The van der Waals surface area contributed by atoms with Gasteiger partial charge in [0.15, 0.2) is 0 Å². The van der Waals surface area contributed by atoms with Crippen molar-refractivity contribution in [2.24, 2.45) is 17.8 Å². The van der Waals surface area contributed by atoms with Gasteiger partial charge in [-0.25, -0.2) is 0 Å². The summed E-state index contributed by atoms with van der Waals surface area (Å²) in [5.74, 6) is 1.57. The van der Waals surface area contributed by atoms with Crippen LogP contribution < -0.4 is 5.32 Å². The average molecular weight is 312 g/mol. The summed E-state index contributed by atoms with van der Waals surface area (Å²) in [7, 11) is 0. The summed E-state index contributed by atoms with van der Waals surface area (Å²) in [6, 6.07) is 10.5. The van der Waals surface area contributed by atoms with Crippen LogP contribution in [0.2, 0.25) is 0 Å². The van der Waals surface area contributed by atoms with Crippen LogP contribution in [0.15, 0.2) is 36.5 Å². The lowest BCUT2D eigenvalue weighted by molar-refractivity contribution is -0.122. The summed E-state index contributed by atoms with van der Waals surface area (Å²) in [5.41, 5.74) is 1.17. The molecule has 0 spiro atoms. The molecule has 2 fully saturated rings. The van der Waals surface area contributed by atoms with Crippen LogP contribution in [0.25, 0.3) is 10.9 Å². The van der Waals surface area contributed by atoms with Crippen molar-refractivity contribution >= 4 is 16.8 Å². The molecule has 2 aliphatic carbocycles. The molecule has 2 aromatic rings. The fraction of sp³-hybridized carbons (Fsp3) is 0.526. The number of benzene rings is 1. The van der Waals surface area contributed by atoms with E-state index < -0.39 is 0 Å². The Balaban J connectivity index is 1.37. The minimum Gasteiger partial charge on any atom is -0.396 e. The highest BCUT2D eigenvalue weighted by Crippen LogP contribution is 2.48. The van der Waals surface area contributed by atoms with E-state index in [9.17, 15) is 9.90 Å². The normalized spacial score (nSPS) is 29.3. The number of nitrogens with one attached hydrogen (secondary N) is 1. The van der Waals surface area contributed by atoms with E-state index in [1.807, 2.05) is 18.3 Å². The van der Waals surface area contributed by atoms with Crippen LogP contribution in [0.5, 0.6) is 0 Å². The fourth-order valence-electron chi connectivity index (χ4n) is 4.71. The third-order valence-electron chi connectivity index (χ3n) is 5.89. The predicted octanol–water partition coefficient (Wildman–Crippen LogP) is 2.55. The first-order chi connectivity index (χ1) is 11.3. The molecule has 23 heavy (non-hydrogen) atoms. The largest absolute Gasteiger partial charge is 0.396 e. The number of para-hydroxylation sites is 1. The molecule has 4 atom stereocenters. The highest BCUT2D eigenvalue weighted by Gasteiger charge is 2.47. The molecular formula is C19H24N2O2. The standard InChI is InChI=1S/C19H24N2O2/c22-12-16-14-5-6-15(11-14)19(16)20-18(23)8-10-21-9-7-13-3-1-2-4-17(13)21/h1-4,7,9,14-16,19,22H,5-6,8,10-12H2,(H,20,23). The van der Waals surface area contributed by atoms with Gasteiger partial charge < -0.3 is 15.0 Å². The van der Waals surface area contributed by atoms with E-state index in [0.29, 0.717) is 24.8 Å². The van der Waals surface area contributed by atoms with Gasteiger partial charge >= 0.3 is 0 Å². The number of carbonyl (C=O) groups excluding carboxylic acids is 1. The van der Waals surface area contributed by atoms with Gasteiger partial charge in [0.05, 0.1) is 0 Å². The minimum atomic E-state index is 0.110. The lowest BCUT2D eigenvalue weighted by Crippen LogP contribution is -2.45. The van der Waals surface area contributed by atoms with Crippen molar-refractivity contribution < 1.29 is 9.90 Å². The van der Waals surface area contributed by atoms with Crippen LogP contribution in [0.3, 0.4) is 0 Å². The molecule has 1 aromatic carbocycles. The number of aliphatic hydroxyl groups is 1. The Morgan fingerprint density at radius 2 is 2.04 bits per heavy atom. The number of aromatic nitrogens is 1. The molecule has 1 amide bonds. The minimum absolute atomic E-state index is 0.110. The monoisotopic (exact) mass is 312 g/mol. The van der Waals surface area contributed by atoms with E-state index >= 15 is 0 Å². The van der Waals surface area contributed by atoms with Gasteiger partial charge in [-0.3, -0.25) is 4.79 Å². The first-order valence-electron chi connectivity index (χ1n) is 8.70. The van der Waals surface area contributed by atoms with Gasteiger partial charge in [-0.1, -0.05) is 18.2 Å². The number of hydrogen-bond acceptors (Lipinski definition) is 2. The Morgan fingerprint density at radius 3 is 2.91 bits per heavy atom. The number of carbonyl (C=O) groups is 1. The molecule has 2 bridgehead atoms. The molecule has 4 rings (SSSR count). The maximum atomic E-state index is 12.4. The second-order valence-corrected chi connectivity index (χ2v) is 7.09. The molecule has 0 radical (unpaired) electrons. The zero-order valence-corrected chi connectivity index (χ0v) is 13.3. The average Bonchev–Trinajstić information content (AvgIpc) is 3.27. The van der Waals surface area contributed by atoms with Crippen LogP contribution in [0, 0.1) is 17.8 Å². The highest BCUT2D eigenvalue weighted by molar-refractivity contribution is 5.80. The number of rotatable bonds is 5. The third kappa shape index (κ3) is 2.65. The summed E-state index contributed by atoms with van der Waals surface area (Å²) in [5, 5.41) is 14.0. The van der Waals surface area contributed by atoms with Crippen molar-refractivity contribution in [3.8, 4) is 0 Å². The Hall–Kier alpha value is -1.81. The van der Waals surface area contributed by atoms with Crippen LogP contribution in [-0.4, -0.2) is 28.2 Å². The van der Waals surface area contributed by atoms with Gasteiger partial charge in [0, 0.05) is 43.2 Å². The molecular weight excluding hydrogens is 288 g/mol. The molecule has 2 N–H and O–H groups in total. The number of nitrogens with zero attached hydrogens (tertiary/aromatic N) is 1. The molecule has 4 unspecified atom stereocenters. The Bertz CT molecular complexity index is 708. The topological polar surface area (TPSA) is 54.3 Å². The molecule has 122 valence electrons. The van der Waals surface area contributed by atoms with E-state index in [0.717, 1.165) is 0 Å². The van der Waals surface area contributed by atoms with E-state index in [4.69, 9.17) is 0 Å². The van der Waals surface area contributed by atoms with Gasteiger partial charge in [-0.15, -0.1) is 0 Å². The van der Waals surface area contributed by atoms with Gasteiger partial charge in [0.25, 0.3) is 0 Å². The van der Waals surface area contributed by atoms with Crippen molar-refractivity contribution in [2.45, 2.75) is 38.3 Å². The molecule has 2 aliphatic rings. The maximum absolute atomic E-state index is 12.4. The zero-order valence-electron chi connectivity index (χ0n) is 13.3. The number of hydrogen-bond donors (Lipinski definition) is 2. The van der Waals surface area contributed by atoms with E-state index in [1.54, 1.807) is 0 Å². The van der Waals surface area contributed by atoms with E-state index in [1.165, 1.54) is 30.2 Å². The molecule has 0 aliphatic heterocycles. The van der Waals surface area contributed by atoms with Crippen molar-refractivity contribution in [2.75, 3.05) is 6.61 Å². The number of amides is 1. The first kappa shape index (κ1) is 14.8. The second kappa shape index (κ2) is 6.00. The summed E-state index contributed by atoms with van der Waals surface area (Å²) >= 11 is 0. The van der Waals surface area contributed by atoms with Crippen molar-refractivity contribution in [3.63, 3.8) is 0 Å². The Kier molecular flexibility index (Phi) is 3.85. The van der Waals surface area contributed by atoms with Crippen LogP contribution >= 0.6 is 0 Å². The van der Waals surface area contributed by atoms with E-state index in [-0.39, 0.29) is 24.5 Å². The molecule has 1 aromatic heterocycles. The first-order valence-corrected chi connectivity index (χ1v) is 8.70. The molecule has 2 saturated carbocycles. The summed E-state index contributed by atoms with van der Waals surface area (Å²) < 4.78 is 2.14. The van der Waals surface area contributed by atoms with Crippen molar-refractivity contribution in [1.82, 2.24) is 9.88 Å². The fourth-order valence-corrected chi connectivity index (χ4v) is 4.71. The van der Waals surface area contributed by atoms with Gasteiger partial charge in [-0.2, -0.15) is 0 Å². The van der Waals surface area contributed by atoms with Gasteiger partial charge in [0.2, 0.25) is 5.91 Å². The third-order valence-corrected chi connectivity index (χ3v) is 5.89. The maximum Gasteiger partial charge on any atom is 0.222 e. The van der Waals surface area contributed by atoms with Crippen molar-refractivity contribution in [1.29, 1.82) is 0 Å². The van der Waals surface area contributed by atoms with Crippen molar-refractivity contribution in [3.05, 3.63) is 36.5 Å². The number of fused-ring (bicyclic) bond motifs is 3. The molecule has 0 saturated heterocycles. The molecule has 1 heterocycles. The van der Waals surface area contributed by atoms with E-state index in [2.05, 4.69) is 28.1 Å². The lowest BCUT2D eigenvalue weighted by Gasteiger charge is -2.30. The quantitative estimate of drug-likeness (QED) is 0.891. The summed E-state index contributed by atoms with van der Waals surface area (Å²) in [4.78, 5) is 12.4. The van der Waals surface area contributed by atoms with Gasteiger partial charge in [0.1, 0.15) is 0 Å². The summed E-state index contributed by atoms with van der Waals surface area (Å²) in [6.45, 7) is 0.901. The van der Waals surface area contributed by atoms with Crippen LogP contribution in [0.4, 0.5) is 0 Å². The molecule has 4 nitrogen and oxygen atoms in total. The van der Waals surface area contributed by atoms with Crippen LogP contribution in [0.1, 0.15) is 25.7 Å².